The molecule has 0 radical (unpaired) electrons. The molecule has 1 fully saturated rings. The number of amides is 1. The fourth-order valence-electron chi connectivity index (χ4n) is 3.28. The van der Waals surface area contributed by atoms with Gasteiger partial charge in [0, 0.05) is 18.4 Å². The Morgan fingerprint density at radius 2 is 1.85 bits per heavy atom. The van der Waals surface area contributed by atoms with E-state index in [4.69, 9.17) is 0 Å². The number of H-pyrrole nitrogens is 1. The first kappa shape index (κ1) is 16.5. The Morgan fingerprint density at radius 3 is 2.58 bits per heavy atom. The third-order valence-corrected chi connectivity index (χ3v) is 4.74. The predicted octanol–water partition coefficient (Wildman–Crippen LogP) is 1.14. The third kappa shape index (κ3) is 3.11. The molecule has 0 bridgehead atoms. The summed E-state index contributed by atoms with van der Waals surface area (Å²) in [7, 11) is 0. The number of benzene rings is 1. The van der Waals surface area contributed by atoms with Crippen LogP contribution in [0.2, 0.25) is 0 Å². The second-order valence-corrected chi connectivity index (χ2v) is 6.54. The second kappa shape index (κ2) is 6.72. The first-order chi connectivity index (χ1) is 12.6. The van der Waals surface area contributed by atoms with Crippen molar-refractivity contribution in [3.8, 4) is 5.95 Å². The Hall–Kier alpha value is -3.00. The lowest BCUT2D eigenvalue weighted by atomic mass is 9.93. The number of aromatic amines is 1. The highest BCUT2D eigenvalue weighted by atomic mass is 16.3. The van der Waals surface area contributed by atoms with Crippen molar-refractivity contribution in [2.45, 2.75) is 37.8 Å². The van der Waals surface area contributed by atoms with Gasteiger partial charge in [-0.25, -0.2) is 14.6 Å². The number of aromatic nitrogens is 4. The number of hydrogen-bond donors (Lipinski definition) is 3. The van der Waals surface area contributed by atoms with Crippen LogP contribution in [0.15, 0.2) is 41.5 Å². The minimum absolute atomic E-state index is 0.0651. The monoisotopic (exact) mass is 353 g/mol. The summed E-state index contributed by atoms with van der Waals surface area (Å²) in [5.41, 5.74) is 0.819. The number of carbonyl (C=O) groups is 1. The van der Waals surface area contributed by atoms with E-state index in [0.717, 1.165) is 12.8 Å². The van der Waals surface area contributed by atoms with Gasteiger partial charge < -0.3 is 10.4 Å². The summed E-state index contributed by atoms with van der Waals surface area (Å²) in [6.07, 6.45) is 5.57. The van der Waals surface area contributed by atoms with Crippen LogP contribution in [0, 0.1) is 0 Å². The van der Waals surface area contributed by atoms with Gasteiger partial charge in [0.2, 0.25) is 5.95 Å². The number of rotatable bonds is 3. The number of aliphatic hydroxyl groups excluding tert-OH is 1. The van der Waals surface area contributed by atoms with Gasteiger partial charge in [-0.2, -0.15) is 0 Å². The lowest BCUT2D eigenvalue weighted by Crippen LogP contribution is -2.38. The van der Waals surface area contributed by atoms with Gasteiger partial charge in [-0.3, -0.25) is 14.7 Å². The molecular formula is C18H19N5O3. The van der Waals surface area contributed by atoms with Gasteiger partial charge in [0.1, 0.15) is 0 Å². The maximum atomic E-state index is 12.3. The van der Waals surface area contributed by atoms with Crippen molar-refractivity contribution in [2.75, 3.05) is 0 Å². The van der Waals surface area contributed by atoms with Crippen molar-refractivity contribution in [3.63, 3.8) is 0 Å². The highest BCUT2D eigenvalue weighted by Gasteiger charge is 2.21. The number of nitrogens with one attached hydrogen (secondary N) is 2. The molecular weight excluding hydrogens is 334 g/mol. The standard InChI is InChI=1S/C18H19N5O3/c24-13-7-5-12(6-8-13)21-16(25)11-9-19-18(20-10-11)23-15-4-2-1-3-14(15)17(26)22-23/h1-4,9-10,12-13,24H,5-8H2,(H,21,25)(H,22,26). The summed E-state index contributed by atoms with van der Waals surface area (Å²) in [4.78, 5) is 32.8. The number of fused-ring (bicyclic) bond motifs is 1. The number of aliphatic hydroxyl groups is 1. The SMILES string of the molecule is O=C(NC1CCC(O)CC1)c1cnc(-n2[nH]c(=O)c3ccccc32)nc1. The molecule has 0 spiro atoms. The molecule has 8 heteroatoms. The minimum atomic E-state index is -0.260. The number of hydrogen-bond acceptors (Lipinski definition) is 5. The molecule has 1 aliphatic rings. The molecule has 26 heavy (non-hydrogen) atoms. The first-order valence-corrected chi connectivity index (χ1v) is 8.63. The summed E-state index contributed by atoms with van der Waals surface area (Å²) in [6, 6.07) is 7.22. The highest BCUT2D eigenvalue weighted by Crippen LogP contribution is 2.18. The van der Waals surface area contributed by atoms with Gasteiger partial charge in [-0.15, -0.1) is 0 Å². The van der Waals surface area contributed by atoms with Gasteiger partial charge >= 0.3 is 0 Å². The molecule has 2 heterocycles. The van der Waals surface area contributed by atoms with E-state index < -0.39 is 0 Å². The van der Waals surface area contributed by atoms with Crippen molar-refractivity contribution in [1.29, 1.82) is 0 Å². The van der Waals surface area contributed by atoms with E-state index in [1.807, 2.05) is 6.07 Å². The van der Waals surface area contributed by atoms with Gasteiger partial charge in [-0.05, 0) is 37.8 Å². The van der Waals surface area contributed by atoms with Crippen LogP contribution < -0.4 is 10.9 Å². The lowest BCUT2D eigenvalue weighted by Gasteiger charge is -2.26. The van der Waals surface area contributed by atoms with Gasteiger partial charge in [0.15, 0.2) is 0 Å². The van der Waals surface area contributed by atoms with E-state index in [9.17, 15) is 14.7 Å². The van der Waals surface area contributed by atoms with Crippen molar-refractivity contribution >= 4 is 16.8 Å². The molecule has 8 nitrogen and oxygen atoms in total. The van der Waals surface area contributed by atoms with Gasteiger partial charge in [0.05, 0.1) is 22.6 Å². The van der Waals surface area contributed by atoms with Crippen LogP contribution in [0.5, 0.6) is 0 Å². The van der Waals surface area contributed by atoms with Gasteiger partial charge in [0.25, 0.3) is 11.5 Å². The third-order valence-electron chi connectivity index (χ3n) is 4.74. The van der Waals surface area contributed by atoms with E-state index in [2.05, 4.69) is 20.4 Å². The van der Waals surface area contributed by atoms with Crippen LogP contribution in [-0.4, -0.2) is 42.9 Å². The Bertz CT molecular complexity index is 984. The van der Waals surface area contributed by atoms with E-state index in [1.165, 1.54) is 17.1 Å². The van der Waals surface area contributed by atoms with Crippen LogP contribution in [0.1, 0.15) is 36.0 Å². The molecule has 4 rings (SSSR count). The van der Waals surface area contributed by atoms with E-state index in [1.54, 1.807) is 18.2 Å². The molecule has 2 aromatic heterocycles. The smallest absolute Gasteiger partial charge is 0.272 e. The summed E-state index contributed by atoms with van der Waals surface area (Å²) in [5.74, 6) is 0.0597. The molecule has 0 aliphatic heterocycles. The average molecular weight is 353 g/mol. The number of nitrogens with zero attached hydrogens (tertiary/aromatic N) is 3. The number of para-hydroxylation sites is 1. The Balaban J connectivity index is 1.53. The van der Waals surface area contributed by atoms with E-state index in [-0.39, 0.29) is 23.6 Å². The second-order valence-electron chi connectivity index (χ2n) is 6.54. The fraction of sp³-hybridized carbons (Fsp3) is 0.333. The molecule has 0 unspecified atom stereocenters. The summed E-state index contributed by atoms with van der Waals surface area (Å²) >= 11 is 0. The van der Waals surface area contributed by atoms with Crippen LogP contribution in [0.25, 0.3) is 16.9 Å². The van der Waals surface area contributed by atoms with Crippen molar-refractivity contribution in [1.82, 2.24) is 25.1 Å². The summed E-state index contributed by atoms with van der Waals surface area (Å²) < 4.78 is 1.50. The maximum absolute atomic E-state index is 12.3. The molecule has 0 saturated heterocycles. The molecule has 134 valence electrons. The van der Waals surface area contributed by atoms with Gasteiger partial charge in [-0.1, -0.05) is 12.1 Å². The molecule has 1 saturated carbocycles. The zero-order valence-corrected chi connectivity index (χ0v) is 14.1. The molecule has 3 N–H and O–H groups in total. The Kier molecular flexibility index (Phi) is 4.26. The largest absolute Gasteiger partial charge is 0.393 e. The average Bonchev–Trinajstić information content (AvgIpc) is 3.01. The molecule has 1 aromatic carbocycles. The molecule has 1 amide bonds. The highest BCUT2D eigenvalue weighted by molar-refractivity contribution is 5.93. The zero-order valence-electron chi connectivity index (χ0n) is 14.1. The van der Waals surface area contributed by atoms with Crippen LogP contribution in [-0.2, 0) is 0 Å². The molecule has 0 atom stereocenters. The minimum Gasteiger partial charge on any atom is -0.393 e. The topological polar surface area (TPSA) is 113 Å². The molecule has 3 aromatic rings. The normalized spacial score (nSPS) is 20.2. The summed E-state index contributed by atoms with van der Waals surface area (Å²) in [6.45, 7) is 0. The lowest BCUT2D eigenvalue weighted by molar-refractivity contribution is 0.0867. The van der Waals surface area contributed by atoms with Crippen molar-refractivity contribution in [2.24, 2.45) is 0 Å². The van der Waals surface area contributed by atoms with E-state index >= 15 is 0 Å². The fourth-order valence-corrected chi connectivity index (χ4v) is 3.28. The van der Waals surface area contributed by atoms with Crippen LogP contribution in [0.3, 0.4) is 0 Å². The summed E-state index contributed by atoms with van der Waals surface area (Å²) in [5, 5.41) is 15.7. The first-order valence-electron chi connectivity index (χ1n) is 8.63. The Morgan fingerprint density at radius 1 is 1.15 bits per heavy atom. The number of carbonyl (C=O) groups excluding carboxylic acids is 1. The van der Waals surface area contributed by atoms with Crippen LogP contribution >= 0.6 is 0 Å². The van der Waals surface area contributed by atoms with E-state index in [0.29, 0.717) is 35.3 Å². The maximum Gasteiger partial charge on any atom is 0.272 e. The molecule has 1 aliphatic carbocycles. The van der Waals surface area contributed by atoms with Crippen LogP contribution in [0.4, 0.5) is 0 Å². The van der Waals surface area contributed by atoms with Crippen molar-refractivity contribution < 1.29 is 9.90 Å². The Labute approximate surface area is 148 Å². The zero-order chi connectivity index (χ0) is 18.1. The quantitative estimate of drug-likeness (QED) is 0.654. The van der Waals surface area contributed by atoms with Crippen molar-refractivity contribution in [3.05, 3.63) is 52.6 Å². The predicted molar refractivity (Wildman–Crippen MR) is 95.2 cm³/mol.